The maximum atomic E-state index is 12.9. The zero-order valence-corrected chi connectivity index (χ0v) is 18.9. The predicted octanol–water partition coefficient (Wildman–Crippen LogP) is 3.75. The lowest BCUT2D eigenvalue weighted by Crippen LogP contribution is -2.54. The number of nitrogens with zero attached hydrogens (tertiary/aromatic N) is 1. The predicted molar refractivity (Wildman–Crippen MR) is 117 cm³/mol. The summed E-state index contributed by atoms with van der Waals surface area (Å²) in [5.41, 5.74) is 2.25. The third kappa shape index (κ3) is 4.61. The second-order valence-corrected chi connectivity index (χ2v) is 9.81. The number of piperazine rings is 1. The first-order valence-corrected chi connectivity index (χ1v) is 11.4. The van der Waals surface area contributed by atoms with E-state index in [1.165, 1.54) is 7.11 Å². The number of nitrogens with one attached hydrogen (secondary N) is 2. The van der Waals surface area contributed by atoms with E-state index in [0.29, 0.717) is 23.5 Å². The Labute approximate surface area is 175 Å². The van der Waals surface area contributed by atoms with Crippen molar-refractivity contribution in [3.05, 3.63) is 46.4 Å². The number of halogens is 1. The number of methoxy groups -OCH3 is 1. The van der Waals surface area contributed by atoms with Crippen molar-refractivity contribution in [2.45, 2.75) is 37.8 Å². The minimum Gasteiger partial charge on any atom is -0.495 e. The summed E-state index contributed by atoms with van der Waals surface area (Å²) < 4.78 is 34.8. The summed E-state index contributed by atoms with van der Waals surface area (Å²) >= 11 is 3.40. The van der Waals surface area contributed by atoms with E-state index in [1.54, 1.807) is 24.3 Å². The third-order valence-electron chi connectivity index (χ3n) is 4.79. The van der Waals surface area contributed by atoms with Crippen LogP contribution in [0.25, 0.3) is 0 Å². The van der Waals surface area contributed by atoms with Gasteiger partial charge >= 0.3 is 0 Å². The number of ether oxygens (including phenoxy) is 1. The molecule has 0 saturated carbocycles. The lowest BCUT2D eigenvalue weighted by Gasteiger charge is -2.38. The molecule has 8 heteroatoms. The Kier molecular flexibility index (Phi) is 6.21. The minimum absolute atomic E-state index is 0.213. The first-order valence-electron chi connectivity index (χ1n) is 9.17. The van der Waals surface area contributed by atoms with Gasteiger partial charge in [0.2, 0.25) is 0 Å². The van der Waals surface area contributed by atoms with Crippen LogP contribution >= 0.6 is 15.9 Å². The van der Waals surface area contributed by atoms with Crippen molar-refractivity contribution in [1.82, 2.24) is 5.32 Å². The van der Waals surface area contributed by atoms with Crippen molar-refractivity contribution in [3.8, 4) is 5.75 Å². The molecule has 0 amide bonds. The standard InChI is InChI=1S/C20H26BrN3O3S/c1-13-9-17(6-7-18(13)21)28(25,26)23-19-10-16(5-8-20(19)27-4)24-11-14(2)22-15(3)12-24/h5-10,14-15,22-23H,11-12H2,1-4H3/t14-,15+. The van der Waals surface area contributed by atoms with Gasteiger partial charge in [0.15, 0.2) is 0 Å². The van der Waals surface area contributed by atoms with Crippen LogP contribution in [0, 0.1) is 6.92 Å². The Bertz CT molecular complexity index is 955. The number of aryl methyl sites for hydroxylation is 1. The van der Waals surface area contributed by atoms with Crippen molar-refractivity contribution in [2.24, 2.45) is 0 Å². The second-order valence-electron chi connectivity index (χ2n) is 7.27. The molecule has 1 aliphatic heterocycles. The van der Waals surface area contributed by atoms with E-state index in [0.717, 1.165) is 28.8 Å². The van der Waals surface area contributed by atoms with Gasteiger partial charge in [0.25, 0.3) is 10.0 Å². The van der Waals surface area contributed by atoms with Gasteiger partial charge in [-0.2, -0.15) is 0 Å². The number of anilines is 2. The van der Waals surface area contributed by atoms with Crippen LogP contribution in [-0.2, 0) is 10.0 Å². The average molecular weight is 468 g/mol. The Balaban J connectivity index is 1.93. The maximum absolute atomic E-state index is 12.9. The van der Waals surface area contributed by atoms with Crippen LogP contribution in [0.2, 0.25) is 0 Å². The smallest absolute Gasteiger partial charge is 0.262 e. The van der Waals surface area contributed by atoms with Crippen LogP contribution in [0.4, 0.5) is 11.4 Å². The van der Waals surface area contributed by atoms with Gasteiger partial charge in [-0.3, -0.25) is 4.72 Å². The summed E-state index contributed by atoms with van der Waals surface area (Å²) in [5.74, 6) is 0.484. The van der Waals surface area contributed by atoms with E-state index >= 15 is 0 Å². The van der Waals surface area contributed by atoms with E-state index in [1.807, 2.05) is 19.1 Å². The van der Waals surface area contributed by atoms with Gasteiger partial charge in [0.05, 0.1) is 17.7 Å². The Hall–Kier alpha value is -1.77. The number of benzene rings is 2. The van der Waals surface area contributed by atoms with Gasteiger partial charge in [0, 0.05) is 35.3 Å². The molecule has 152 valence electrons. The Morgan fingerprint density at radius 1 is 1.14 bits per heavy atom. The van der Waals surface area contributed by atoms with Crippen LogP contribution in [0.15, 0.2) is 45.8 Å². The van der Waals surface area contributed by atoms with E-state index in [9.17, 15) is 8.42 Å². The molecule has 0 spiro atoms. The molecule has 1 aliphatic rings. The van der Waals surface area contributed by atoms with Crippen LogP contribution < -0.4 is 19.7 Å². The van der Waals surface area contributed by atoms with Crippen molar-refractivity contribution >= 4 is 37.3 Å². The third-order valence-corrected chi connectivity index (χ3v) is 7.04. The molecule has 0 unspecified atom stereocenters. The monoisotopic (exact) mass is 467 g/mol. The highest BCUT2D eigenvalue weighted by atomic mass is 79.9. The van der Waals surface area contributed by atoms with E-state index < -0.39 is 10.0 Å². The number of sulfonamides is 1. The minimum atomic E-state index is -3.74. The quantitative estimate of drug-likeness (QED) is 0.700. The molecule has 1 saturated heterocycles. The summed E-state index contributed by atoms with van der Waals surface area (Å²) in [6, 6.07) is 11.3. The van der Waals surface area contributed by atoms with Crippen molar-refractivity contribution < 1.29 is 13.2 Å². The van der Waals surface area contributed by atoms with Crippen LogP contribution in [0.5, 0.6) is 5.75 Å². The summed E-state index contributed by atoms with van der Waals surface area (Å²) in [6.45, 7) is 7.86. The van der Waals surface area contributed by atoms with Gasteiger partial charge in [-0.15, -0.1) is 0 Å². The van der Waals surface area contributed by atoms with Crippen molar-refractivity contribution in [3.63, 3.8) is 0 Å². The second kappa shape index (κ2) is 8.31. The van der Waals surface area contributed by atoms with Crippen molar-refractivity contribution in [2.75, 3.05) is 29.8 Å². The molecular weight excluding hydrogens is 442 g/mol. The fourth-order valence-electron chi connectivity index (χ4n) is 3.50. The highest BCUT2D eigenvalue weighted by molar-refractivity contribution is 9.10. The topological polar surface area (TPSA) is 70.7 Å². The van der Waals surface area contributed by atoms with E-state index in [4.69, 9.17) is 4.74 Å². The SMILES string of the molecule is COc1ccc(N2C[C@@H](C)N[C@@H](C)C2)cc1NS(=O)(=O)c1ccc(Br)c(C)c1. The first kappa shape index (κ1) is 21.0. The number of hydrogen-bond acceptors (Lipinski definition) is 5. The Morgan fingerprint density at radius 2 is 1.82 bits per heavy atom. The number of hydrogen-bond donors (Lipinski definition) is 2. The highest BCUT2D eigenvalue weighted by Gasteiger charge is 2.23. The zero-order valence-electron chi connectivity index (χ0n) is 16.5. The van der Waals surface area contributed by atoms with Crippen LogP contribution in [0.1, 0.15) is 19.4 Å². The average Bonchev–Trinajstić information content (AvgIpc) is 2.62. The lowest BCUT2D eigenvalue weighted by molar-refractivity contribution is 0.406. The highest BCUT2D eigenvalue weighted by Crippen LogP contribution is 2.32. The molecule has 0 radical (unpaired) electrons. The molecule has 2 aromatic rings. The van der Waals surface area contributed by atoms with Crippen molar-refractivity contribution in [1.29, 1.82) is 0 Å². The molecule has 0 aliphatic carbocycles. The van der Waals surface area contributed by atoms with E-state index in [2.05, 4.69) is 44.7 Å². The normalized spacial score (nSPS) is 20.1. The lowest BCUT2D eigenvalue weighted by atomic mass is 10.1. The largest absolute Gasteiger partial charge is 0.495 e. The molecule has 6 nitrogen and oxygen atoms in total. The molecule has 2 aromatic carbocycles. The molecule has 0 bridgehead atoms. The Morgan fingerprint density at radius 3 is 2.43 bits per heavy atom. The van der Waals surface area contributed by atoms with Gasteiger partial charge in [-0.05, 0) is 62.7 Å². The summed E-state index contributed by atoms with van der Waals surface area (Å²) in [6.07, 6.45) is 0. The van der Waals surface area contributed by atoms with Gasteiger partial charge in [0.1, 0.15) is 5.75 Å². The van der Waals surface area contributed by atoms with Crippen LogP contribution in [-0.4, -0.2) is 40.7 Å². The summed E-state index contributed by atoms with van der Waals surface area (Å²) in [7, 11) is -2.20. The van der Waals surface area contributed by atoms with Crippen LogP contribution in [0.3, 0.4) is 0 Å². The zero-order chi connectivity index (χ0) is 20.5. The number of rotatable bonds is 5. The first-order chi connectivity index (χ1) is 13.2. The van der Waals surface area contributed by atoms with Gasteiger partial charge in [-0.25, -0.2) is 8.42 Å². The molecular formula is C20H26BrN3O3S. The molecule has 2 atom stereocenters. The molecule has 1 heterocycles. The molecule has 0 aromatic heterocycles. The molecule has 2 N–H and O–H groups in total. The molecule has 3 rings (SSSR count). The fraction of sp³-hybridized carbons (Fsp3) is 0.400. The maximum Gasteiger partial charge on any atom is 0.262 e. The summed E-state index contributed by atoms with van der Waals surface area (Å²) in [4.78, 5) is 2.47. The van der Waals surface area contributed by atoms with E-state index in [-0.39, 0.29) is 4.90 Å². The van der Waals surface area contributed by atoms with Gasteiger partial charge in [-0.1, -0.05) is 15.9 Å². The summed E-state index contributed by atoms with van der Waals surface area (Å²) in [5, 5.41) is 3.50. The fourth-order valence-corrected chi connectivity index (χ4v) is 4.89. The molecule has 28 heavy (non-hydrogen) atoms. The van der Waals surface area contributed by atoms with Gasteiger partial charge < -0.3 is 15.0 Å². The molecule has 1 fully saturated rings.